The van der Waals surface area contributed by atoms with E-state index in [4.69, 9.17) is 10.5 Å². The standard InChI is InChI=1S/C25H27N5O2/c1-5-32-23(31)30-11-10-18-19(12-26)22(29)25(14-27,15-28)21(20(18)13-30)16-6-8-17(9-7-16)24(2,3)4/h6-10,20-21H,5,11,13,29H2,1-4H3. The van der Waals surface area contributed by atoms with E-state index < -0.39 is 23.3 Å². The molecule has 0 spiro atoms. The second-order valence-electron chi connectivity index (χ2n) is 9.15. The van der Waals surface area contributed by atoms with Crippen molar-refractivity contribution in [2.45, 2.75) is 39.0 Å². The number of ether oxygens (including phenoxy) is 1. The Hall–Kier alpha value is -3.76. The van der Waals surface area contributed by atoms with E-state index >= 15 is 0 Å². The van der Waals surface area contributed by atoms with Crippen molar-refractivity contribution in [3.8, 4) is 18.2 Å². The Morgan fingerprint density at radius 1 is 1.22 bits per heavy atom. The van der Waals surface area contributed by atoms with Crippen LogP contribution < -0.4 is 5.73 Å². The predicted octanol–water partition coefficient (Wildman–Crippen LogP) is 3.87. The van der Waals surface area contributed by atoms with E-state index in [9.17, 15) is 20.6 Å². The molecule has 3 rings (SSSR count). The Kier molecular flexibility index (Phi) is 6.02. The lowest BCUT2D eigenvalue weighted by molar-refractivity contribution is 0.0999. The zero-order chi connectivity index (χ0) is 23.7. The summed E-state index contributed by atoms with van der Waals surface area (Å²) in [6, 6.07) is 14.1. The third-order valence-corrected chi connectivity index (χ3v) is 6.33. The molecule has 1 aromatic rings. The molecule has 2 aliphatic rings. The van der Waals surface area contributed by atoms with Gasteiger partial charge in [0, 0.05) is 24.9 Å². The van der Waals surface area contributed by atoms with Gasteiger partial charge in [-0.25, -0.2) is 4.79 Å². The summed E-state index contributed by atoms with van der Waals surface area (Å²) in [5.74, 6) is -1.10. The quantitative estimate of drug-likeness (QED) is 0.760. The van der Waals surface area contributed by atoms with Crippen LogP contribution in [0.5, 0.6) is 0 Å². The molecule has 7 nitrogen and oxygen atoms in total. The van der Waals surface area contributed by atoms with Gasteiger partial charge in [0.15, 0.2) is 5.41 Å². The van der Waals surface area contributed by atoms with Gasteiger partial charge in [-0.3, -0.25) is 0 Å². The molecular weight excluding hydrogens is 402 g/mol. The van der Waals surface area contributed by atoms with Crippen molar-refractivity contribution in [2.24, 2.45) is 17.1 Å². The Labute approximate surface area is 189 Å². The Bertz CT molecular complexity index is 1090. The van der Waals surface area contributed by atoms with E-state index in [1.165, 1.54) is 4.90 Å². The first-order valence-electron chi connectivity index (χ1n) is 10.6. The maximum atomic E-state index is 12.4. The summed E-state index contributed by atoms with van der Waals surface area (Å²) in [7, 11) is 0. The van der Waals surface area contributed by atoms with Crippen LogP contribution >= 0.6 is 0 Å². The zero-order valence-electron chi connectivity index (χ0n) is 18.8. The lowest BCUT2D eigenvalue weighted by Crippen LogP contribution is -2.49. The van der Waals surface area contributed by atoms with Gasteiger partial charge >= 0.3 is 6.09 Å². The highest BCUT2D eigenvalue weighted by atomic mass is 16.6. The molecule has 0 fully saturated rings. The van der Waals surface area contributed by atoms with Crippen molar-refractivity contribution in [2.75, 3.05) is 19.7 Å². The molecule has 0 bridgehead atoms. The minimum absolute atomic E-state index is 0.0259. The topological polar surface area (TPSA) is 127 Å². The second kappa shape index (κ2) is 8.40. The monoisotopic (exact) mass is 429 g/mol. The molecule has 2 unspecified atom stereocenters. The average Bonchev–Trinajstić information content (AvgIpc) is 2.78. The zero-order valence-corrected chi connectivity index (χ0v) is 18.8. The molecule has 2 atom stereocenters. The number of carbonyl (C=O) groups is 1. The molecule has 1 heterocycles. The van der Waals surface area contributed by atoms with Crippen LogP contribution in [-0.4, -0.2) is 30.7 Å². The molecule has 0 saturated heterocycles. The molecule has 0 radical (unpaired) electrons. The van der Waals surface area contributed by atoms with E-state index in [-0.39, 0.29) is 36.4 Å². The molecule has 2 N–H and O–H groups in total. The summed E-state index contributed by atoms with van der Waals surface area (Å²) in [4.78, 5) is 14.0. The largest absolute Gasteiger partial charge is 0.450 e. The van der Waals surface area contributed by atoms with Crippen LogP contribution in [0.2, 0.25) is 0 Å². The van der Waals surface area contributed by atoms with Crippen molar-refractivity contribution in [1.29, 1.82) is 15.8 Å². The fraction of sp³-hybridized carbons (Fsp3) is 0.440. The second-order valence-corrected chi connectivity index (χ2v) is 9.15. The first-order valence-corrected chi connectivity index (χ1v) is 10.6. The van der Waals surface area contributed by atoms with Crippen LogP contribution in [0.1, 0.15) is 44.7 Å². The minimum atomic E-state index is -1.73. The maximum Gasteiger partial charge on any atom is 0.410 e. The third-order valence-electron chi connectivity index (χ3n) is 6.33. The highest BCUT2D eigenvalue weighted by Gasteiger charge is 2.54. The first-order chi connectivity index (χ1) is 15.1. The Balaban J connectivity index is 2.21. The smallest absolute Gasteiger partial charge is 0.410 e. The van der Waals surface area contributed by atoms with Gasteiger partial charge < -0.3 is 15.4 Å². The number of hydrogen-bond donors (Lipinski definition) is 1. The summed E-state index contributed by atoms with van der Waals surface area (Å²) in [5.41, 5.74) is 7.23. The van der Waals surface area contributed by atoms with Gasteiger partial charge in [-0.15, -0.1) is 0 Å². The molecule has 32 heavy (non-hydrogen) atoms. The van der Waals surface area contributed by atoms with Crippen LogP contribution in [0.15, 0.2) is 47.2 Å². The number of carbonyl (C=O) groups excluding carboxylic acids is 1. The van der Waals surface area contributed by atoms with Crippen molar-refractivity contribution in [3.63, 3.8) is 0 Å². The summed E-state index contributed by atoms with van der Waals surface area (Å²) in [5, 5.41) is 30.2. The molecule has 1 aliphatic heterocycles. The van der Waals surface area contributed by atoms with E-state index in [0.717, 1.165) is 11.1 Å². The molecule has 0 saturated carbocycles. The van der Waals surface area contributed by atoms with Crippen molar-refractivity contribution in [1.82, 2.24) is 4.90 Å². The molecule has 0 aromatic heterocycles. The summed E-state index contributed by atoms with van der Waals surface area (Å²) < 4.78 is 5.16. The molecule has 1 aromatic carbocycles. The average molecular weight is 430 g/mol. The Morgan fingerprint density at radius 3 is 2.34 bits per heavy atom. The molecule has 7 heteroatoms. The lowest BCUT2D eigenvalue weighted by Gasteiger charge is -2.45. The Morgan fingerprint density at radius 2 is 1.84 bits per heavy atom. The number of nitrogens with two attached hydrogens (primary N) is 1. The van der Waals surface area contributed by atoms with E-state index in [1.807, 2.05) is 24.3 Å². The van der Waals surface area contributed by atoms with Crippen LogP contribution in [0, 0.1) is 45.3 Å². The fourth-order valence-electron chi connectivity index (χ4n) is 4.61. The van der Waals surface area contributed by atoms with Gasteiger partial charge in [0.05, 0.1) is 30.0 Å². The molecule has 1 aliphatic carbocycles. The number of amides is 1. The number of rotatable bonds is 2. The number of allylic oxidation sites excluding steroid dienone is 2. The van der Waals surface area contributed by atoms with E-state index in [1.54, 1.807) is 13.0 Å². The van der Waals surface area contributed by atoms with Gasteiger partial charge in [0.1, 0.15) is 6.07 Å². The fourth-order valence-corrected chi connectivity index (χ4v) is 4.61. The SMILES string of the molecule is CCOC(=O)N1CC=C2C(C#N)=C(N)C(C#N)(C#N)C(c3ccc(C(C)(C)C)cc3)C2C1. The first kappa shape index (κ1) is 22.9. The summed E-state index contributed by atoms with van der Waals surface area (Å²) in [6.07, 6.45) is 1.32. The van der Waals surface area contributed by atoms with Gasteiger partial charge in [-0.05, 0) is 29.0 Å². The predicted molar refractivity (Wildman–Crippen MR) is 119 cm³/mol. The highest BCUT2D eigenvalue weighted by molar-refractivity contribution is 5.69. The van der Waals surface area contributed by atoms with Crippen LogP contribution in [0.4, 0.5) is 4.79 Å². The number of nitriles is 3. The van der Waals surface area contributed by atoms with Crippen molar-refractivity contribution >= 4 is 6.09 Å². The number of hydrogen-bond acceptors (Lipinski definition) is 6. The van der Waals surface area contributed by atoms with E-state index in [2.05, 4.69) is 39.0 Å². The minimum Gasteiger partial charge on any atom is -0.450 e. The number of benzene rings is 1. The highest BCUT2D eigenvalue weighted by Crippen LogP contribution is 2.54. The lowest BCUT2D eigenvalue weighted by atomic mass is 9.58. The van der Waals surface area contributed by atoms with Gasteiger partial charge in [0.25, 0.3) is 0 Å². The maximum absolute atomic E-state index is 12.4. The molecule has 1 amide bonds. The van der Waals surface area contributed by atoms with Crippen molar-refractivity contribution < 1.29 is 9.53 Å². The summed E-state index contributed by atoms with van der Waals surface area (Å²) >= 11 is 0. The molecular formula is C25H27N5O2. The normalized spacial score (nSPS) is 22.0. The number of fused-ring (bicyclic) bond motifs is 1. The van der Waals surface area contributed by atoms with Crippen LogP contribution in [0.25, 0.3) is 0 Å². The third kappa shape index (κ3) is 3.59. The van der Waals surface area contributed by atoms with E-state index in [0.29, 0.717) is 5.57 Å². The van der Waals surface area contributed by atoms with Gasteiger partial charge in [-0.2, -0.15) is 15.8 Å². The molecule has 164 valence electrons. The van der Waals surface area contributed by atoms with Crippen LogP contribution in [0.3, 0.4) is 0 Å². The summed E-state index contributed by atoms with van der Waals surface area (Å²) in [6.45, 7) is 8.79. The van der Waals surface area contributed by atoms with Gasteiger partial charge in [-0.1, -0.05) is 51.1 Å². The van der Waals surface area contributed by atoms with Crippen molar-refractivity contribution in [3.05, 3.63) is 58.3 Å². The number of nitrogens with zero attached hydrogens (tertiary/aromatic N) is 4. The van der Waals surface area contributed by atoms with Crippen LogP contribution in [-0.2, 0) is 10.2 Å². The van der Waals surface area contributed by atoms with Gasteiger partial charge in [0.2, 0.25) is 0 Å².